The zero-order valence-electron chi connectivity index (χ0n) is 12.0. The number of halogens is 1. The predicted molar refractivity (Wildman–Crippen MR) is 81.8 cm³/mol. The Morgan fingerprint density at radius 2 is 2.05 bits per heavy atom. The summed E-state index contributed by atoms with van der Waals surface area (Å²) >= 11 is 5.94. The van der Waals surface area contributed by atoms with Gasteiger partial charge in [0.15, 0.2) is 5.82 Å². The molecule has 1 N–H and O–H groups in total. The number of aromatic nitrogens is 3. The summed E-state index contributed by atoms with van der Waals surface area (Å²) in [7, 11) is 1.89. The SMILES string of the molecule is CCCC(NCCc1ncn(C)n1)c1ccc(Cl)cc1. The van der Waals surface area contributed by atoms with Crippen molar-refractivity contribution in [2.45, 2.75) is 32.2 Å². The van der Waals surface area contributed by atoms with Crippen molar-refractivity contribution in [3.63, 3.8) is 0 Å². The molecule has 4 nitrogen and oxygen atoms in total. The molecule has 1 unspecified atom stereocenters. The predicted octanol–water partition coefficient (Wildman–Crippen LogP) is 3.14. The van der Waals surface area contributed by atoms with Crippen LogP contribution in [-0.4, -0.2) is 21.3 Å². The number of nitrogens with one attached hydrogen (secondary N) is 1. The van der Waals surface area contributed by atoms with Gasteiger partial charge in [0.05, 0.1) is 0 Å². The summed E-state index contributed by atoms with van der Waals surface area (Å²) in [6, 6.07) is 8.44. The van der Waals surface area contributed by atoms with Gasteiger partial charge >= 0.3 is 0 Å². The van der Waals surface area contributed by atoms with E-state index in [4.69, 9.17) is 11.6 Å². The molecular weight excluding hydrogens is 272 g/mol. The fourth-order valence-corrected chi connectivity index (χ4v) is 2.35. The summed E-state index contributed by atoms with van der Waals surface area (Å²) in [6.45, 7) is 3.07. The van der Waals surface area contributed by atoms with Crippen molar-refractivity contribution in [1.29, 1.82) is 0 Å². The topological polar surface area (TPSA) is 42.7 Å². The van der Waals surface area contributed by atoms with E-state index in [1.165, 1.54) is 5.56 Å². The first-order chi connectivity index (χ1) is 9.69. The molecule has 0 amide bonds. The maximum absolute atomic E-state index is 5.94. The number of hydrogen-bond acceptors (Lipinski definition) is 3. The summed E-state index contributed by atoms with van der Waals surface area (Å²) in [6.07, 6.45) is 4.83. The van der Waals surface area contributed by atoms with Gasteiger partial charge in [0.2, 0.25) is 0 Å². The number of benzene rings is 1. The highest BCUT2D eigenvalue weighted by atomic mass is 35.5. The van der Waals surface area contributed by atoms with Crippen LogP contribution in [0.15, 0.2) is 30.6 Å². The highest BCUT2D eigenvalue weighted by Crippen LogP contribution is 2.20. The third-order valence-electron chi connectivity index (χ3n) is 3.24. The van der Waals surface area contributed by atoms with Crippen LogP contribution < -0.4 is 5.32 Å². The van der Waals surface area contributed by atoms with Crippen LogP contribution in [-0.2, 0) is 13.5 Å². The molecule has 0 saturated carbocycles. The maximum atomic E-state index is 5.94. The Morgan fingerprint density at radius 3 is 2.65 bits per heavy atom. The molecule has 2 rings (SSSR count). The minimum Gasteiger partial charge on any atom is -0.309 e. The van der Waals surface area contributed by atoms with Crippen molar-refractivity contribution in [2.75, 3.05) is 6.54 Å². The maximum Gasteiger partial charge on any atom is 0.151 e. The van der Waals surface area contributed by atoms with Crippen LogP contribution in [0.4, 0.5) is 0 Å². The number of nitrogens with zero attached hydrogens (tertiary/aromatic N) is 3. The average molecular weight is 293 g/mol. The Balaban J connectivity index is 1.90. The molecule has 0 spiro atoms. The van der Waals surface area contributed by atoms with E-state index >= 15 is 0 Å². The van der Waals surface area contributed by atoms with Crippen molar-refractivity contribution in [3.8, 4) is 0 Å². The molecule has 1 aromatic carbocycles. The molecule has 0 fully saturated rings. The molecule has 1 atom stereocenters. The summed E-state index contributed by atoms with van der Waals surface area (Å²) in [5.74, 6) is 0.881. The first-order valence-corrected chi connectivity index (χ1v) is 7.40. The minimum absolute atomic E-state index is 0.362. The largest absolute Gasteiger partial charge is 0.309 e. The van der Waals surface area contributed by atoms with Gasteiger partial charge in [0.1, 0.15) is 6.33 Å². The van der Waals surface area contributed by atoms with E-state index in [-0.39, 0.29) is 0 Å². The highest BCUT2D eigenvalue weighted by Gasteiger charge is 2.10. The minimum atomic E-state index is 0.362. The lowest BCUT2D eigenvalue weighted by atomic mass is 10.0. The smallest absolute Gasteiger partial charge is 0.151 e. The van der Waals surface area contributed by atoms with Crippen LogP contribution in [0.25, 0.3) is 0 Å². The molecule has 0 aliphatic heterocycles. The molecule has 5 heteroatoms. The molecule has 0 aliphatic carbocycles. The number of rotatable bonds is 7. The number of aryl methyl sites for hydroxylation is 1. The van der Waals surface area contributed by atoms with Crippen LogP contribution in [0, 0.1) is 0 Å². The first-order valence-electron chi connectivity index (χ1n) is 7.02. The second kappa shape index (κ2) is 7.41. The van der Waals surface area contributed by atoms with Crippen molar-refractivity contribution < 1.29 is 0 Å². The lowest BCUT2D eigenvalue weighted by molar-refractivity contribution is 0.494. The second-order valence-corrected chi connectivity index (χ2v) is 5.37. The van der Waals surface area contributed by atoms with Crippen LogP contribution in [0.1, 0.15) is 37.2 Å². The van der Waals surface area contributed by atoms with E-state index in [9.17, 15) is 0 Å². The third-order valence-corrected chi connectivity index (χ3v) is 3.49. The summed E-state index contributed by atoms with van der Waals surface area (Å²) < 4.78 is 1.73. The van der Waals surface area contributed by atoms with Crippen LogP contribution >= 0.6 is 11.6 Å². The zero-order valence-corrected chi connectivity index (χ0v) is 12.8. The Kier molecular flexibility index (Phi) is 5.56. The molecule has 0 aliphatic rings. The Labute approximate surface area is 125 Å². The van der Waals surface area contributed by atoms with Gasteiger partial charge in [0.25, 0.3) is 0 Å². The molecule has 108 valence electrons. The monoisotopic (exact) mass is 292 g/mol. The van der Waals surface area contributed by atoms with Gasteiger partial charge in [0, 0.05) is 31.1 Å². The van der Waals surface area contributed by atoms with E-state index in [0.717, 1.165) is 36.7 Å². The Morgan fingerprint density at radius 1 is 1.30 bits per heavy atom. The summed E-state index contributed by atoms with van der Waals surface area (Å²) in [5, 5.41) is 8.65. The van der Waals surface area contributed by atoms with Gasteiger partial charge in [-0.1, -0.05) is 37.1 Å². The number of hydrogen-bond donors (Lipinski definition) is 1. The molecule has 0 bridgehead atoms. The molecule has 20 heavy (non-hydrogen) atoms. The van der Waals surface area contributed by atoms with Crippen molar-refractivity contribution in [3.05, 3.63) is 47.0 Å². The second-order valence-electron chi connectivity index (χ2n) is 4.93. The van der Waals surface area contributed by atoms with Crippen molar-refractivity contribution >= 4 is 11.6 Å². The van der Waals surface area contributed by atoms with E-state index in [1.54, 1.807) is 11.0 Å². The first kappa shape index (κ1) is 15.0. The molecule has 0 saturated heterocycles. The fourth-order valence-electron chi connectivity index (χ4n) is 2.23. The average Bonchev–Trinajstić information content (AvgIpc) is 2.84. The van der Waals surface area contributed by atoms with Crippen molar-refractivity contribution in [1.82, 2.24) is 20.1 Å². The lowest BCUT2D eigenvalue weighted by Crippen LogP contribution is -2.24. The van der Waals surface area contributed by atoms with Crippen LogP contribution in [0.2, 0.25) is 5.02 Å². The standard InChI is InChI=1S/C15H21ClN4/c1-3-4-14(12-5-7-13(16)8-6-12)17-10-9-15-18-11-20(2)19-15/h5-8,11,14,17H,3-4,9-10H2,1-2H3. The van der Waals surface area contributed by atoms with E-state index < -0.39 is 0 Å². The van der Waals surface area contributed by atoms with E-state index in [2.05, 4.69) is 34.5 Å². The molecule has 0 radical (unpaired) electrons. The molecule has 2 aromatic rings. The van der Waals surface area contributed by atoms with Gasteiger partial charge in [-0.25, -0.2) is 4.98 Å². The Hall–Kier alpha value is -1.39. The van der Waals surface area contributed by atoms with Crippen LogP contribution in [0.3, 0.4) is 0 Å². The zero-order chi connectivity index (χ0) is 14.4. The van der Waals surface area contributed by atoms with Gasteiger partial charge in [-0.15, -0.1) is 0 Å². The summed E-state index contributed by atoms with van der Waals surface area (Å²) in [4.78, 5) is 4.24. The molecule has 1 aromatic heterocycles. The quantitative estimate of drug-likeness (QED) is 0.852. The van der Waals surface area contributed by atoms with Gasteiger partial charge in [-0.3, -0.25) is 4.68 Å². The lowest BCUT2D eigenvalue weighted by Gasteiger charge is -2.18. The van der Waals surface area contributed by atoms with E-state index in [0.29, 0.717) is 6.04 Å². The van der Waals surface area contributed by atoms with Crippen LogP contribution in [0.5, 0.6) is 0 Å². The van der Waals surface area contributed by atoms with Gasteiger partial charge < -0.3 is 5.32 Å². The normalized spacial score (nSPS) is 12.6. The van der Waals surface area contributed by atoms with Gasteiger partial charge in [-0.2, -0.15) is 5.10 Å². The highest BCUT2D eigenvalue weighted by molar-refractivity contribution is 6.30. The Bertz CT molecular complexity index is 521. The fraction of sp³-hybridized carbons (Fsp3) is 0.467. The third kappa shape index (κ3) is 4.32. The van der Waals surface area contributed by atoms with Crippen molar-refractivity contribution in [2.24, 2.45) is 7.05 Å². The molecule has 1 heterocycles. The summed E-state index contributed by atoms with van der Waals surface area (Å²) in [5.41, 5.74) is 1.28. The molecular formula is C15H21ClN4. The van der Waals surface area contributed by atoms with Gasteiger partial charge in [-0.05, 0) is 24.1 Å². The van der Waals surface area contributed by atoms with E-state index in [1.807, 2.05) is 19.2 Å².